The molecular weight excluding hydrogens is 344 g/mol. The molecule has 0 bridgehead atoms. The molecule has 27 heavy (non-hydrogen) atoms. The Morgan fingerprint density at radius 2 is 1.93 bits per heavy atom. The number of aromatic nitrogens is 8. The Morgan fingerprint density at radius 3 is 2.70 bits per heavy atom. The van der Waals surface area contributed by atoms with Crippen molar-refractivity contribution < 1.29 is 0 Å². The van der Waals surface area contributed by atoms with Crippen molar-refractivity contribution in [3.63, 3.8) is 0 Å². The Morgan fingerprint density at radius 1 is 1.00 bits per heavy atom. The lowest BCUT2D eigenvalue weighted by Crippen LogP contribution is -2.44. The second-order valence-electron chi connectivity index (χ2n) is 6.37. The summed E-state index contributed by atoms with van der Waals surface area (Å²) in [5.74, 6) is 0.898. The maximum Gasteiger partial charge on any atom is 0.165 e. The minimum atomic E-state index is 0.591. The van der Waals surface area contributed by atoms with Gasteiger partial charge in [0.1, 0.15) is 12.0 Å². The number of piperazine rings is 1. The van der Waals surface area contributed by atoms with Gasteiger partial charge in [0.25, 0.3) is 0 Å². The number of aromatic amines is 1. The topological polar surface area (TPSA) is 113 Å². The van der Waals surface area contributed by atoms with E-state index < -0.39 is 0 Å². The van der Waals surface area contributed by atoms with E-state index in [9.17, 15) is 0 Å². The van der Waals surface area contributed by atoms with E-state index in [0.29, 0.717) is 6.54 Å². The zero-order valence-corrected chi connectivity index (χ0v) is 14.6. The van der Waals surface area contributed by atoms with Crippen LogP contribution in [0.1, 0.15) is 5.69 Å². The Labute approximate surface area is 154 Å². The van der Waals surface area contributed by atoms with Crippen LogP contribution >= 0.6 is 0 Å². The van der Waals surface area contributed by atoms with Gasteiger partial charge in [-0.05, 0) is 12.1 Å². The van der Waals surface area contributed by atoms with Crippen LogP contribution in [0.15, 0.2) is 37.2 Å². The zero-order valence-electron chi connectivity index (χ0n) is 14.6. The number of nitrogens with zero attached hydrogens (tertiary/aromatic N) is 8. The van der Waals surface area contributed by atoms with Gasteiger partial charge >= 0.3 is 0 Å². The number of imidazole rings is 1. The van der Waals surface area contributed by atoms with Gasteiger partial charge in [-0.3, -0.25) is 4.98 Å². The van der Waals surface area contributed by atoms with E-state index >= 15 is 0 Å². The number of anilines is 1. The largest absolute Gasteiger partial charge is 0.352 e. The number of hydrogen-bond acceptors (Lipinski definition) is 8. The third-order valence-corrected chi connectivity index (χ3v) is 4.67. The van der Waals surface area contributed by atoms with Crippen LogP contribution in [0, 0.1) is 0 Å². The summed E-state index contributed by atoms with van der Waals surface area (Å²) >= 11 is 0. The minimum Gasteiger partial charge on any atom is -0.352 e. The molecule has 1 saturated heterocycles. The number of nitrogens with one attached hydrogen (secondary N) is 2. The summed E-state index contributed by atoms with van der Waals surface area (Å²) in [6.45, 7) is 4.34. The monoisotopic (exact) mass is 362 g/mol. The van der Waals surface area contributed by atoms with Gasteiger partial charge in [-0.1, -0.05) is 0 Å². The predicted molar refractivity (Wildman–Crippen MR) is 99.1 cm³/mol. The maximum atomic E-state index is 4.57. The van der Waals surface area contributed by atoms with E-state index in [1.807, 2.05) is 16.7 Å². The average Bonchev–Trinajstić information content (AvgIpc) is 3.40. The molecular formula is C17H18N10. The van der Waals surface area contributed by atoms with Gasteiger partial charge in [0, 0.05) is 37.9 Å². The average molecular weight is 362 g/mol. The van der Waals surface area contributed by atoms with E-state index in [4.69, 9.17) is 0 Å². The highest BCUT2D eigenvalue weighted by atomic mass is 15.3. The lowest BCUT2D eigenvalue weighted by Gasteiger charge is -2.28. The second-order valence-corrected chi connectivity index (χ2v) is 6.37. The fourth-order valence-corrected chi connectivity index (χ4v) is 3.28. The first-order valence-corrected chi connectivity index (χ1v) is 8.81. The molecule has 0 aromatic carbocycles. The van der Waals surface area contributed by atoms with E-state index in [1.165, 1.54) is 0 Å². The molecule has 0 spiro atoms. The van der Waals surface area contributed by atoms with Crippen LogP contribution in [0.5, 0.6) is 0 Å². The molecule has 1 aliphatic heterocycles. The number of pyridine rings is 1. The molecule has 0 saturated carbocycles. The first-order chi connectivity index (χ1) is 13.4. The molecule has 0 aliphatic carbocycles. The highest BCUT2D eigenvalue weighted by molar-refractivity contribution is 5.83. The summed E-state index contributed by atoms with van der Waals surface area (Å²) in [5, 5.41) is 13.9. The smallest absolute Gasteiger partial charge is 0.165 e. The van der Waals surface area contributed by atoms with Crippen LogP contribution in [0.2, 0.25) is 0 Å². The van der Waals surface area contributed by atoms with Crippen LogP contribution < -0.4 is 10.2 Å². The standard InChI is InChI=1S/C17H18N10/c1-2-13(19-7-12(1)14-8-23-25-24-14)9-27-11-22-15-16(20-10-21-17(15)27)26-5-3-18-4-6-26/h1-2,7-8,10-11,18H,3-6,9H2,(H,23,24,25). The van der Waals surface area contributed by atoms with Crippen molar-refractivity contribution in [2.45, 2.75) is 6.54 Å². The third kappa shape index (κ3) is 2.99. The molecule has 1 fully saturated rings. The van der Waals surface area contributed by atoms with E-state index in [-0.39, 0.29) is 0 Å². The lowest BCUT2D eigenvalue weighted by atomic mass is 10.2. The molecule has 10 heteroatoms. The van der Waals surface area contributed by atoms with Gasteiger partial charge < -0.3 is 14.8 Å². The Bertz CT molecular complexity index is 1030. The van der Waals surface area contributed by atoms with Gasteiger partial charge in [0.2, 0.25) is 0 Å². The molecule has 0 radical (unpaired) electrons. The van der Waals surface area contributed by atoms with Gasteiger partial charge in [0.15, 0.2) is 17.0 Å². The van der Waals surface area contributed by atoms with Crippen molar-refractivity contribution in [3.05, 3.63) is 42.9 Å². The van der Waals surface area contributed by atoms with Crippen molar-refractivity contribution in [3.8, 4) is 11.3 Å². The summed E-state index contributed by atoms with van der Waals surface area (Å²) in [6, 6.07) is 3.97. The quantitative estimate of drug-likeness (QED) is 0.538. The second kappa shape index (κ2) is 6.72. The zero-order chi connectivity index (χ0) is 18.1. The molecule has 4 aromatic heterocycles. The van der Waals surface area contributed by atoms with E-state index in [0.717, 1.165) is 60.1 Å². The number of H-pyrrole nitrogens is 1. The Balaban J connectivity index is 1.42. The SMILES string of the molecule is c1nc(N2CCNCC2)c2ncn(Cc3ccc(-c4cn[nH]n4)cn3)c2n1. The highest BCUT2D eigenvalue weighted by Gasteiger charge is 2.18. The van der Waals surface area contributed by atoms with Gasteiger partial charge in [-0.25, -0.2) is 15.0 Å². The van der Waals surface area contributed by atoms with Gasteiger partial charge in [0.05, 0.1) is 24.8 Å². The van der Waals surface area contributed by atoms with Crippen molar-refractivity contribution in [2.24, 2.45) is 0 Å². The van der Waals surface area contributed by atoms with E-state index in [2.05, 4.69) is 45.6 Å². The maximum absolute atomic E-state index is 4.57. The van der Waals surface area contributed by atoms with Crippen LogP contribution in [0.25, 0.3) is 22.4 Å². The van der Waals surface area contributed by atoms with Crippen LogP contribution in [-0.4, -0.2) is 66.1 Å². The first-order valence-electron chi connectivity index (χ1n) is 8.81. The molecule has 1 aliphatic rings. The molecule has 0 unspecified atom stereocenters. The molecule has 0 atom stereocenters. The molecule has 5 heterocycles. The summed E-state index contributed by atoms with van der Waals surface area (Å²) in [6.07, 6.45) is 6.89. The van der Waals surface area contributed by atoms with Crippen LogP contribution in [-0.2, 0) is 6.54 Å². The lowest BCUT2D eigenvalue weighted by molar-refractivity contribution is 0.586. The van der Waals surface area contributed by atoms with Crippen molar-refractivity contribution in [2.75, 3.05) is 31.1 Å². The van der Waals surface area contributed by atoms with Gasteiger partial charge in [-0.15, -0.1) is 0 Å². The normalized spacial score (nSPS) is 14.7. The summed E-state index contributed by atoms with van der Waals surface area (Å²) in [4.78, 5) is 20.3. The summed E-state index contributed by atoms with van der Waals surface area (Å²) < 4.78 is 2.00. The Hall–Kier alpha value is -3.40. The Kier molecular flexibility index (Phi) is 3.94. The van der Waals surface area contributed by atoms with Crippen molar-refractivity contribution in [1.82, 2.24) is 45.2 Å². The molecule has 5 rings (SSSR count). The molecule has 10 nitrogen and oxygen atoms in total. The minimum absolute atomic E-state index is 0.591. The molecule has 0 amide bonds. The number of rotatable bonds is 4. The van der Waals surface area contributed by atoms with Crippen LogP contribution in [0.3, 0.4) is 0 Å². The highest BCUT2D eigenvalue weighted by Crippen LogP contribution is 2.22. The third-order valence-electron chi connectivity index (χ3n) is 4.67. The summed E-state index contributed by atoms with van der Waals surface area (Å²) in [5.41, 5.74) is 4.27. The predicted octanol–water partition coefficient (Wildman–Crippen LogP) is 0.464. The number of fused-ring (bicyclic) bond motifs is 1. The van der Waals surface area contributed by atoms with Gasteiger partial charge in [-0.2, -0.15) is 15.4 Å². The fraction of sp³-hybridized carbons (Fsp3) is 0.294. The molecule has 2 N–H and O–H groups in total. The number of hydrogen-bond donors (Lipinski definition) is 2. The first kappa shape index (κ1) is 15.8. The van der Waals surface area contributed by atoms with Crippen molar-refractivity contribution >= 4 is 17.0 Å². The fourth-order valence-electron chi connectivity index (χ4n) is 3.28. The molecule has 4 aromatic rings. The summed E-state index contributed by atoms with van der Waals surface area (Å²) in [7, 11) is 0. The van der Waals surface area contributed by atoms with E-state index in [1.54, 1.807) is 25.0 Å². The van der Waals surface area contributed by atoms with Crippen LogP contribution in [0.4, 0.5) is 5.82 Å². The van der Waals surface area contributed by atoms with Crippen molar-refractivity contribution in [1.29, 1.82) is 0 Å². The molecule has 136 valence electrons.